The highest BCUT2D eigenvalue weighted by Crippen LogP contribution is 2.63. The Labute approximate surface area is 166 Å². The minimum atomic E-state index is -0.198. The van der Waals surface area contributed by atoms with Gasteiger partial charge in [0.2, 0.25) is 0 Å². The molecule has 0 radical (unpaired) electrons. The van der Waals surface area contributed by atoms with Crippen molar-refractivity contribution in [3.8, 4) is 22.3 Å². The summed E-state index contributed by atoms with van der Waals surface area (Å²) < 4.78 is 1.34. The summed E-state index contributed by atoms with van der Waals surface area (Å²) in [5, 5.41) is 0. The van der Waals surface area contributed by atoms with Crippen molar-refractivity contribution in [3.63, 3.8) is 0 Å². The van der Waals surface area contributed by atoms with Crippen LogP contribution in [0.15, 0.2) is 91.0 Å². The molecule has 0 nitrogen and oxygen atoms in total. The van der Waals surface area contributed by atoms with Gasteiger partial charge in [0, 0.05) is 3.57 Å². The van der Waals surface area contributed by atoms with Crippen LogP contribution in [0.5, 0.6) is 0 Å². The van der Waals surface area contributed by atoms with Gasteiger partial charge < -0.3 is 0 Å². The second-order valence-corrected chi connectivity index (χ2v) is 8.21. The Bertz CT molecular complexity index is 1140. The summed E-state index contributed by atoms with van der Waals surface area (Å²) in [6.45, 7) is 0. The molecule has 2 aliphatic rings. The van der Waals surface area contributed by atoms with Crippen LogP contribution in [0.4, 0.5) is 0 Å². The average Bonchev–Trinajstić information content (AvgIpc) is 3.16. The first-order valence-electron chi connectivity index (χ1n) is 8.92. The number of hydrogen-bond acceptors (Lipinski definition) is 0. The molecule has 0 heterocycles. The predicted molar refractivity (Wildman–Crippen MR) is 115 cm³/mol. The van der Waals surface area contributed by atoms with E-state index in [-0.39, 0.29) is 5.41 Å². The fraction of sp³-hybridized carbons (Fsp3) is 0.0400. The molecule has 0 aromatic heterocycles. The third kappa shape index (κ3) is 1.56. The molecule has 0 atom stereocenters. The van der Waals surface area contributed by atoms with E-state index in [4.69, 9.17) is 0 Å². The van der Waals surface area contributed by atoms with Crippen molar-refractivity contribution in [2.24, 2.45) is 0 Å². The second-order valence-electron chi connectivity index (χ2n) is 7.05. The van der Waals surface area contributed by atoms with Crippen LogP contribution in [0.3, 0.4) is 0 Å². The highest BCUT2D eigenvalue weighted by Gasteiger charge is 2.52. The number of benzene rings is 4. The molecule has 0 N–H and O–H groups in total. The molecule has 0 amide bonds. The van der Waals surface area contributed by atoms with E-state index in [1.165, 1.54) is 48.1 Å². The minimum Gasteiger partial charge on any atom is -0.0619 e. The quantitative estimate of drug-likeness (QED) is 0.232. The Morgan fingerprint density at radius 1 is 0.462 bits per heavy atom. The molecule has 1 spiro atoms. The minimum absolute atomic E-state index is 0.198. The highest BCUT2D eigenvalue weighted by molar-refractivity contribution is 14.1. The van der Waals surface area contributed by atoms with Crippen molar-refractivity contribution < 1.29 is 0 Å². The highest BCUT2D eigenvalue weighted by atomic mass is 127. The molecule has 0 saturated carbocycles. The van der Waals surface area contributed by atoms with Crippen LogP contribution in [-0.2, 0) is 5.41 Å². The molecular weight excluding hydrogens is 427 g/mol. The van der Waals surface area contributed by atoms with Crippen molar-refractivity contribution >= 4 is 22.6 Å². The smallest absolute Gasteiger partial charge is 0.0619 e. The Morgan fingerprint density at radius 2 is 0.885 bits per heavy atom. The van der Waals surface area contributed by atoms with Crippen LogP contribution < -0.4 is 0 Å². The Morgan fingerprint density at radius 3 is 1.42 bits per heavy atom. The van der Waals surface area contributed by atoms with Gasteiger partial charge in [-0.05, 0) is 73.2 Å². The fourth-order valence-corrected chi connectivity index (χ4v) is 6.01. The van der Waals surface area contributed by atoms with Gasteiger partial charge in [-0.15, -0.1) is 0 Å². The van der Waals surface area contributed by atoms with Crippen LogP contribution in [0.1, 0.15) is 22.3 Å². The maximum Gasteiger partial charge on any atom is 0.0735 e. The lowest BCUT2D eigenvalue weighted by atomic mass is 9.70. The van der Waals surface area contributed by atoms with Gasteiger partial charge in [-0.1, -0.05) is 84.9 Å². The summed E-state index contributed by atoms with van der Waals surface area (Å²) in [5.74, 6) is 0. The van der Waals surface area contributed by atoms with Crippen molar-refractivity contribution in [2.45, 2.75) is 5.41 Å². The Balaban J connectivity index is 1.90. The predicted octanol–water partition coefficient (Wildman–Crippen LogP) is 6.63. The van der Waals surface area contributed by atoms with Gasteiger partial charge in [0.15, 0.2) is 0 Å². The zero-order valence-corrected chi connectivity index (χ0v) is 16.2. The third-order valence-electron chi connectivity index (χ3n) is 5.96. The summed E-state index contributed by atoms with van der Waals surface area (Å²) in [6, 6.07) is 33.6. The van der Waals surface area contributed by atoms with Crippen molar-refractivity contribution in [1.29, 1.82) is 0 Å². The van der Waals surface area contributed by atoms with E-state index in [9.17, 15) is 0 Å². The zero-order valence-electron chi connectivity index (χ0n) is 14.0. The molecule has 0 bridgehead atoms. The van der Waals surface area contributed by atoms with Gasteiger partial charge in [-0.3, -0.25) is 0 Å². The molecule has 0 unspecified atom stereocenters. The van der Waals surface area contributed by atoms with Gasteiger partial charge in [0.1, 0.15) is 0 Å². The van der Waals surface area contributed by atoms with Crippen LogP contribution in [0.25, 0.3) is 22.3 Å². The topological polar surface area (TPSA) is 0 Å². The molecule has 26 heavy (non-hydrogen) atoms. The molecular formula is C25H15I. The lowest BCUT2D eigenvalue weighted by molar-refractivity contribution is 0.788. The summed E-state index contributed by atoms with van der Waals surface area (Å²) in [6.07, 6.45) is 0. The molecule has 1 heteroatoms. The monoisotopic (exact) mass is 442 g/mol. The molecule has 0 aliphatic heterocycles. The van der Waals surface area contributed by atoms with Gasteiger partial charge >= 0.3 is 0 Å². The summed E-state index contributed by atoms with van der Waals surface area (Å²) in [4.78, 5) is 0. The Kier molecular flexibility index (Phi) is 2.88. The van der Waals surface area contributed by atoms with Crippen LogP contribution in [0, 0.1) is 3.57 Å². The molecule has 4 aromatic carbocycles. The van der Waals surface area contributed by atoms with Gasteiger partial charge in [-0.2, -0.15) is 0 Å². The standard InChI is InChI=1S/C25H15I/c26-23-15-7-11-19-18-10-3-6-14-22(18)25(24(19)23)20-12-4-1-8-16(20)17-9-2-5-13-21(17)25/h1-15H. The molecule has 2 aliphatic carbocycles. The van der Waals surface area contributed by atoms with E-state index in [1.807, 2.05) is 0 Å². The first-order valence-corrected chi connectivity index (χ1v) is 9.99. The molecule has 4 aromatic rings. The van der Waals surface area contributed by atoms with Crippen molar-refractivity contribution in [3.05, 3.63) is 117 Å². The largest absolute Gasteiger partial charge is 0.0735 e. The number of halogens is 1. The number of fused-ring (bicyclic) bond motifs is 10. The summed E-state index contributed by atoms with van der Waals surface area (Å²) >= 11 is 2.52. The van der Waals surface area contributed by atoms with Crippen LogP contribution >= 0.6 is 22.6 Å². The van der Waals surface area contributed by atoms with Gasteiger partial charge in [0.05, 0.1) is 5.41 Å². The lowest BCUT2D eigenvalue weighted by Crippen LogP contribution is -2.26. The number of rotatable bonds is 0. The first kappa shape index (κ1) is 14.7. The zero-order chi connectivity index (χ0) is 17.3. The second kappa shape index (κ2) is 5.08. The van der Waals surface area contributed by atoms with E-state index >= 15 is 0 Å². The first-order chi connectivity index (χ1) is 12.8. The van der Waals surface area contributed by atoms with E-state index in [0.717, 1.165) is 0 Å². The van der Waals surface area contributed by atoms with Crippen molar-refractivity contribution in [2.75, 3.05) is 0 Å². The van der Waals surface area contributed by atoms with E-state index in [0.29, 0.717) is 0 Å². The normalized spacial score (nSPS) is 14.7. The van der Waals surface area contributed by atoms with E-state index in [2.05, 4.69) is 114 Å². The van der Waals surface area contributed by atoms with E-state index < -0.39 is 0 Å². The lowest BCUT2D eigenvalue weighted by Gasteiger charge is -2.31. The SMILES string of the molecule is Ic1cccc2c1C1(c3ccccc3-c3ccccc31)c1ccccc1-2. The Hall–Kier alpha value is -2.39. The van der Waals surface area contributed by atoms with Crippen molar-refractivity contribution in [1.82, 2.24) is 0 Å². The summed E-state index contributed by atoms with van der Waals surface area (Å²) in [7, 11) is 0. The summed E-state index contributed by atoms with van der Waals surface area (Å²) in [5.41, 5.74) is 11.0. The average molecular weight is 442 g/mol. The van der Waals surface area contributed by atoms with Gasteiger partial charge in [-0.25, -0.2) is 0 Å². The molecule has 122 valence electrons. The molecule has 0 fully saturated rings. The fourth-order valence-electron chi connectivity index (χ4n) is 5.10. The van der Waals surface area contributed by atoms with Crippen LogP contribution in [-0.4, -0.2) is 0 Å². The van der Waals surface area contributed by atoms with Crippen LogP contribution in [0.2, 0.25) is 0 Å². The molecule has 0 saturated heterocycles. The van der Waals surface area contributed by atoms with E-state index in [1.54, 1.807) is 0 Å². The van der Waals surface area contributed by atoms with Gasteiger partial charge in [0.25, 0.3) is 0 Å². The molecule has 6 rings (SSSR count). The maximum absolute atomic E-state index is 2.52. The number of hydrogen-bond donors (Lipinski definition) is 0. The third-order valence-corrected chi connectivity index (χ3v) is 6.86. The maximum atomic E-state index is 2.52.